The Bertz CT molecular complexity index is 1500. The van der Waals surface area contributed by atoms with Gasteiger partial charge in [-0.1, -0.05) is 18.2 Å². The van der Waals surface area contributed by atoms with Crippen LogP contribution in [0.2, 0.25) is 0 Å². The number of para-hydroxylation sites is 1. The number of aryl methyl sites for hydroxylation is 1. The van der Waals surface area contributed by atoms with Gasteiger partial charge in [0, 0.05) is 23.6 Å². The first-order valence-electron chi connectivity index (χ1n) is 10.4. The average Bonchev–Trinajstić information content (AvgIpc) is 3.50. The van der Waals surface area contributed by atoms with E-state index in [0.717, 1.165) is 17.0 Å². The molecule has 1 amide bonds. The van der Waals surface area contributed by atoms with Crippen molar-refractivity contribution >= 4 is 28.5 Å². The van der Waals surface area contributed by atoms with Crippen LogP contribution < -0.4 is 15.4 Å². The summed E-state index contributed by atoms with van der Waals surface area (Å²) in [5, 5.41) is 20.2. The van der Waals surface area contributed by atoms with Crippen molar-refractivity contribution in [2.75, 3.05) is 10.6 Å². The maximum atomic E-state index is 12.5. The highest BCUT2D eigenvalue weighted by atomic mass is 16.5. The third-order valence-corrected chi connectivity index (χ3v) is 5.24. The number of hydrogen-bond donors (Lipinski definition) is 3. The minimum atomic E-state index is -0.368. The summed E-state index contributed by atoms with van der Waals surface area (Å²) in [5.74, 6) is 1.28. The van der Waals surface area contributed by atoms with Gasteiger partial charge in [-0.25, -0.2) is 9.50 Å². The summed E-state index contributed by atoms with van der Waals surface area (Å²) in [7, 11) is 0. The lowest BCUT2D eigenvalue weighted by atomic mass is 10.1. The molecule has 0 saturated heterocycles. The summed E-state index contributed by atoms with van der Waals surface area (Å²) in [4.78, 5) is 19.2. The Kier molecular flexibility index (Phi) is 5.38. The van der Waals surface area contributed by atoms with Crippen LogP contribution in [0, 0.1) is 18.3 Å². The van der Waals surface area contributed by atoms with E-state index in [1.54, 1.807) is 16.9 Å². The summed E-state index contributed by atoms with van der Waals surface area (Å²) >= 11 is 0. The number of fused-ring (bicyclic) bond motifs is 1. The standard InChI is InChI=1S/C25H19N7O2/c1-16-21(31-25(33)24-27-11-12-28-24)15-32-23(16)22(17(13-26)14-29-32)30-18-7-9-20(10-8-18)34-19-5-3-2-4-6-19/h2-12,14-15,30H,1H3,(H,27,28)(H,31,33). The largest absolute Gasteiger partial charge is 0.457 e. The second-order valence-electron chi connectivity index (χ2n) is 7.46. The van der Waals surface area contributed by atoms with Crippen LogP contribution in [-0.2, 0) is 0 Å². The first-order chi connectivity index (χ1) is 16.6. The van der Waals surface area contributed by atoms with Gasteiger partial charge >= 0.3 is 0 Å². The molecule has 5 rings (SSSR count). The Morgan fingerprint density at radius 1 is 1.12 bits per heavy atom. The number of H-pyrrole nitrogens is 1. The van der Waals surface area contributed by atoms with Crippen molar-refractivity contribution in [3.05, 3.63) is 96.3 Å². The second-order valence-corrected chi connectivity index (χ2v) is 7.46. The number of aromatic nitrogens is 4. The zero-order chi connectivity index (χ0) is 23.5. The maximum Gasteiger partial charge on any atom is 0.291 e. The maximum absolute atomic E-state index is 12.5. The Balaban J connectivity index is 1.44. The van der Waals surface area contributed by atoms with E-state index >= 15 is 0 Å². The van der Waals surface area contributed by atoms with Gasteiger partial charge in [0.25, 0.3) is 5.91 Å². The summed E-state index contributed by atoms with van der Waals surface area (Å²) in [5.41, 5.74) is 3.74. The summed E-state index contributed by atoms with van der Waals surface area (Å²) in [6, 6.07) is 19.1. The number of ether oxygens (including phenoxy) is 1. The van der Waals surface area contributed by atoms with Crippen molar-refractivity contribution in [1.29, 1.82) is 5.26 Å². The zero-order valence-corrected chi connectivity index (χ0v) is 18.1. The lowest BCUT2D eigenvalue weighted by molar-refractivity contribution is 0.101. The zero-order valence-electron chi connectivity index (χ0n) is 18.1. The lowest BCUT2D eigenvalue weighted by Crippen LogP contribution is -2.13. The van der Waals surface area contributed by atoms with E-state index in [4.69, 9.17) is 4.74 Å². The molecule has 2 aromatic carbocycles. The van der Waals surface area contributed by atoms with Crippen molar-refractivity contribution in [3.63, 3.8) is 0 Å². The highest BCUT2D eigenvalue weighted by Gasteiger charge is 2.18. The number of benzene rings is 2. The number of hydrogen-bond acceptors (Lipinski definition) is 6. The van der Waals surface area contributed by atoms with Gasteiger partial charge in [-0.2, -0.15) is 10.4 Å². The fraction of sp³-hybridized carbons (Fsp3) is 0.0400. The van der Waals surface area contributed by atoms with E-state index in [-0.39, 0.29) is 11.7 Å². The van der Waals surface area contributed by atoms with Crippen LogP contribution in [0.5, 0.6) is 11.5 Å². The highest BCUT2D eigenvalue weighted by Crippen LogP contribution is 2.33. The number of anilines is 3. The van der Waals surface area contributed by atoms with Crippen molar-refractivity contribution < 1.29 is 9.53 Å². The van der Waals surface area contributed by atoms with E-state index in [1.165, 1.54) is 12.4 Å². The molecular weight excluding hydrogens is 430 g/mol. The number of nitriles is 1. The molecule has 0 aliphatic carbocycles. The van der Waals surface area contributed by atoms with Crippen molar-refractivity contribution in [3.8, 4) is 17.6 Å². The number of amides is 1. The van der Waals surface area contributed by atoms with Gasteiger partial charge < -0.3 is 20.4 Å². The molecule has 0 atom stereocenters. The Hall–Kier alpha value is -5.10. The molecule has 0 saturated carbocycles. The van der Waals surface area contributed by atoms with E-state index < -0.39 is 0 Å². The van der Waals surface area contributed by atoms with Gasteiger partial charge in [-0.15, -0.1) is 0 Å². The molecule has 34 heavy (non-hydrogen) atoms. The summed E-state index contributed by atoms with van der Waals surface area (Å²) in [6.45, 7) is 1.86. The van der Waals surface area contributed by atoms with Crippen LogP contribution in [0.3, 0.4) is 0 Å². The fourth-order valence-corrected chi connectivity index (χ4v) is 3.57. The third-order valence-electron chi connectivity index (χ3n) is 5.24. The van der Waals surface area contributed by atoms with Gasteiger partial charge in [0.2, 0.25) is 0 Å². The lowest BCUT2D eigenvalue weighted by Gasteiger charge is -2.12. The van der Waals surface area contributed by atoms with Gasteiger partial charge in [0.1, 0.15) is 17.6 Å². The number of carbonyl (C=O) groups excluding carboxylic acids is 1. The number of rotatable bonds is 6. The van der Waals surface area contributed by atoms with Crippen LogP contribution in [0.4, 0.5) is 17.1 Å². The molecule has 0 bridgehead atoms. The molecule has 0 unspecified atom stereocenters. The molecule has 3 N–H and O–H groups in total. The number of nitrogens with one attached hydrogen (secondary N) is 3. The quantitative estimate of drug-likeness (QED) is 0.335. The van der Waals surface area contributed by atoms with Crippen LogP contribution in [0.1, 0.15) is 21.7 Å². The van der Waals surface area contributed by atoms with Crippen molar-refractivity contribution in [2.45, 2.75) is 6.92 Å². The molecule has 0 aliphatic heterocycles. The van der Waals surface area contributed by atoms with E-state index in [1.807, 2.05) is 61.5 Å². The molecule has 0 spiro atoms. The smallest absolute Gasteiger partial charge is 0.291 e. The predicted molar refractivity (Wildman–Crippen MR) is 127 cm³/mol. The number of nitrogens with zero attached hydrogens (tertiary/aromatic N) is 4. The SMILES string of the molecule is Cc1c(NC(=O)c2ncc[nH]2)cn2ncc(C#N)c(Nc3ccc(Oc4ccccc4)cc3)c12. The average molecular weight is 449 g/mol. The predicted octanol–water partition coefficient (Wildman–Crippen LogP) is 5.03. The van der Waals surface area contributed by atoms with Crippen LogP contribution in [0.15, 0.2) is 79.4 Å². The molecule has 9 nitrogen and oxygen atoms in total. The first kappa shape index (κ1) is 20.8. The molecule has 5 aromatic rings. The molecular formula is C25H19N7O2. The molecule has 9 heteroatoms. The molecule has 166 valence electrons. The van der Waals surface area contributed by atoms with Gasteiger partial charge in [-0.3, -0.25) is 4.79 Å². The summed E-state index contributed by atoms with van der Waals surface area (Å²) in [6.07, 6.45) is 6.28. The van der Waals surface area contributed by atoms with Gasteiger partial charge in [0.05, 0.1) is 34.8 Å². The Labute approximate surface area is 194 Å². The second kappa shape index (κ2) is 8.80. The molecule has 0 aliphatic rings. The highest BCUT2D eigenvalue weighted by molar-refractivity contribution is 6.03. The van der Waals surface area contributed by atoms with Crippen LogP contribution in [-0.4, -0.2) is 25.5 Å². The Morgan fingerprint density at radius 3 is 2.59 bits per heavy atom. The number of carbonyl (C=O) groups is 1. The number of aromatic amines is 1. The molecule has 0 radical (unpaired) electrons. The number of imidazole rings is 1. The minimum absolute atomic E-state index is 0.205. The monoisotopic (exact) mass is 449 g/mol. The van der Waals surface area contributed by atoms with E-state index in [9.17, 15) is 10.1 Å². The van der Waals surface area contributed by atoms with Crippen LogP contribution >= 0.6 is 0 Å². The summed E-state index contributed by atoms with van der Waals surface area (Å²) < 4.78 is 7.47. The van der Waals surface area contributed by atoms with Gasteiger partial charge in [-0.05, 0) is 43.3 Å². The Morgan fingerprint density at radius 2 is 1.88 bits per heavy atom. The first-order valence-corrected chi connectivity index (χ1v) is 10.4. The molecule has 3 aromatic heterocycles. The molecule has 0 fully saturated rings. The minimum Gasteiger partial charge on any atom is -0.457 e. The van der Waals surface area contributed by atoms with Gasteiger partial charge in [0.15, 0.2) is 5.82 Å². The van der Waals surface area contributed by atoms with Crippen LogP contribution in [0.25, 0.3) is 5.52 Å². The molecule has 3 heterocycles. The van der Waals surface area contributed by atoms with Crippen molar-refractivity contribution in [2.24, 2.45) is 0 Å². The van der Waals surface area contributed by atoms with Crippen molar-refractivity contribution in [1.82, 2.24) is 19.6 Å². The fourth-order valence-electron chi connectivity index (χ4n) is 3.57. The topological polar surface area (TPSA) is 120 Å². The normalized spacial score (nSPS) is 10.6. The van der Waals surface area contributed by atoms with E-state index in [2.05, 4.69) is 31.8 Å². The third kappa shape index (κ3) is 4.03. The van der Waals surface area contributed by atoms with E-state index in [0.29, 0.717) is 28.2 Å².